The fraction of sp³-hybridized carbons (Fsp3) is 0.455. The Kier molecular flexibility index (Phi) is 2.44. The van der Waals surface area contributed by atoms with Gasteiger partial charge in [0.1, 0.15) is 5.75 Å². The smallest absolute Gasteiger partial charge is 0.120 e. The van der Waals surface area contributed by atoms with E-state index >= 15 is 0 Å². The van der Waals surface area contributed by atoms with Gasteiger partial charge in [0.2, 0.25) is 0 Å². The molecule has 1 fully saturated rings. The molecule has 0 amide bonds. The molecule has 0 aliphatic heterocycles. The van der Waals surface area contributed by atoms with Gasteiger partial charge in [-0.1, -0.05) is 18.2 Å². The molecule has 1 aliphatic rings. The Balaban J connectivity index is 2.18. The van der Waals surface area contributed by atoms with Gasteiger partial charge in [-0.05, 0) is 18.9 Å². The first-order valence-corrected chi connectivity index (χ1v) is 5.02. The Morgan fingerprint density at radius 1 is 1.36 bits per heavy atom. The van der Waals surface area contributed by atoms with Crippen LogP contribution in [0.3, 0.4) is 0 Å². The molecule has 0 bridgehead atoms. The number of rotatable bonds is 4. The first-order chi connectivity index (χ1) is 6.78. The third-order valence-electron chi connectivity index (χ3n) is 2.78. The molecule has 0 aromatic heterocycles. The number of hydrogen-bond donors (Lipinski definition) is 3. The number of phenols is 1. The van der Waals surface area contributed by atoms with Crippen molar-refractivity contribution in [1.29, 1.82) is 0 Å². The number of nitrogens with two attached hydrogens (primary N) is 1. The van der Waals surface area contributed by atoms with Crippen LogP contribution in [0.4, 0.5) is 0 Å². The van der Waals surface area contributed by atoms with Gasteiger partial charge in [0.25, 0.3) is 0 Å². The molecule has 0 unspecified atom stereocenters. The summed E-state index contributed by atoms with van der Waals surface area (Å²) in [6.45, 7) is 1.43. The lowest BCUT2D eigenvalue weighted by molar-refractivity contribution is 0.440. The van der Waals surface area contributed by atoms with Crippen molar-refractivity contribution in [1.82, 2.24) is 5.32 Å². The maximum Gasteiger partial charge on any atom is 0.120 e. The van der Waals surface area contributed by atoms with Crippen LogP contribution in [0.1, 0.15) is 18.4 Å². The molecule has 0 atom stereocenters. The minimum Gasteiger partial charge on any atom is -0.508 e. The van der Waals surface area contributed by atoms with Gasteiger partial charge in [0.15, 0.2) is 0 Å². The minimum absolute atomic E-state index is 0.00468. The van der Waals surface area contributed by atoms with Gasteiger partial charge in [0, 0.05) is 24.2 Å². The molecule has 0 spiro atoms. The normalized spacial score (nSPS) is 18.1. The van der Waals surface area contributed by atoms with E-state index in [-0.39, 0.29) is 5.54 Å². The van der Waals surface area contributed by atoms with Gasteiger partial charge in [0.05, 0.1) is 0 Å². The highest BCUT2D eigenvalue weighted by Crippen LogP contribution is 2.48. The summed E-state index contributed by atoms with van der Waals surface area (Å²) in [7, 11) is 0. The second-order valence-corrected chi connectivity index (χ2v) is 3.81. The second-order valence-electron chi connectivity index (χ2n) is 3.81. The van der Waals surface area contributed by atoms with Crippen LogP contribution in [0.15, 0.2) is 24.3 Å². The van der Waals surface area contributed by atoms with E-state index in [9.17, 15) is 5.11 Å². The number of hydrogen-bond acceptors (Lipinski definition) is 3. The van der Waals surface area contributed by atoms with Gasteiger partial charge in [-0.25, -0.2) is 0 Å². The number of phenolic OH excluding ortho intramolecular Hbond substituents is 1. The summed E-state index contributed by atoms with van der Waals surface area (Å²) < 4.78 is 0. The Labute approximate surface area is 83.9 Å². The van der Waals surface area contributed by atoms with Gasteiger partial charge >= 0.3 is 0 Å². The highest BCUT2D eigenvalue weighted by atomic mass is 16.3. The van der Waals surface area contributed by atoms with Crippen LogP contribution in [-0.2, 0) is 5.54 Å². The number of aromatic hydroxyl groups is 1. The van der Waals surface area contributed by atoms with Crippen molar-refractivity contribution in [3.63, 3.8) is 0 Å². The fourth-order valence-electron chi connectivity index (χ4n) is 1.86. The van der Waals surface area contributed by atoms with Crippen molar-refractivity contribution in [3.8, 4) is 5.75 Å². The molecule has 0 heterocycles. The lowest BCUT2D eigenvalue weighted by atomic mass is 10.0. The fourth-order valence-corrected chi connectivity index (χ4v) is 1.86. The van der Waals surface area contributed by atoms with Crippen LogP contribution < -0.4 is 11.1 Å². The second kappa shape index (κ2) is 3.59. The van der Waals surface area contributed by atoms with E-state index in [4.69, 9.17) is 5.73 Å². The first kappa shape index (κ1) is 9.49. The molecule has 3 nitrogen and oxygen atoms in total. The Morgan fingerprint density at radius 3 is 2.64 bits per heavy atom. The monoisotopic (exact) mass is 192 g/mol. The van der Waals surface area contributed by atoms with Gasteiger partial charge in [-0.15, -0.1) is 0 Å². The highest BCUT2D eigenvalue weighted by Gasteiger charge is 2.45. The van der Waals surface area contributed by atoms with E-state index < -0.39 is 0 Å². The molecule has 1 saturated carbocycles. The summed E-state index contributed by atoms with van der Waals surface area (Å²) in [6.07, 6.45) is 2.18. The topological polar surface area (TPSA) is 58.3 Å². The van der Waals surface area contributed by atoms with Crippen LogP contribution >= 0.6 is 0 Å². The standard InChI is InChI=1S/C11H16N2O/c12-7-8-13-11(5-6-11)9-3-1-2-4-10(9)14/h1-4,13-14H,5-8,12H2. The molecule has 76 valence electrons. The van der Waals surface area contributed by atoms with Crippen molar-refractivity contribution < 1.29 is 5.11 Å². The van der Waals surface area contributed by atoms with Crippen molar-refractivity contribution in [3.05, 3.63) is 29.8 Å². The van der Waals surface area contributed by atoms with Crippen molar-refractivity contribution in [2.45, 2.75) is 18.4 Å². The lowest BCUT2D eigenvalue weighted by Crippen LogP contribution is -2.33. The lowest BCUT2D eigenvalue weighted by Gasteiger charge is -2.18. The van der Waals surface area contributed by atoms with Crippen LogP contribution in [0, 0.1) is 0 Å². The first-order valence-electron chi connectivity index (χ1n) is 5.02. The molecule has 2 rings (SSSR count). The zero-order valence-corrected chi connectivity index (χ0v) is 8.16. The predicted octanol–water partition coefficient (Wildman–Crippen LogP) is 0.930. The zero-order chi connectivity index (χ0) is 10.0. The van der Waals surface area contributed by atoms with Gasteiger partial charge in [-0.2, -0.15) is 0 Å². The van der Waals surface area contributed by atoms with Gasteiger partial charge in [-0.3, -0.25) is 0 Å². The number of benzene rings is 1. The summed E-state index contributed by atoms with van der Waals surface area (Å²) in [6, 6.07) is 7.52. The Bertz CT molecular complexity index is 321. The van der Waals surface area contributed by atoms with E-state index in [0.29, 0.717) is 12.3 Å². The van der Waals surface area contributed by atoms with Crippen LogP contribution in [0.2, 0.25) is 0 Å². The van der Waals surface area contributed by atoms with Crippen molar-refractivity contribution >= 4 is 0 Å². The maximum atomic E-state index is 9.71. The maximum absolute atomic E-state index is 9.71. The largest absolute Gasteiger partial charge is 0.508 e. The molecule has 1 aliphatic carbocycles. The average molecular weight is 192 g/mol. The van der Waals surface area contributed by atoms with E-state index in [1.807, 2.05) is 18.2 Å². The molecule has 0 radical (unpaired) electrons. The minimum atomic E-state index is 0.00468. The third kappa shape index (κ3) is 1.61. The molecular weight excluding hydrogens is 176 g/mol. The van der Waals surface area contributed by atoms with Crippen LogP contribution in [-0.4, -0.2) is 18.2 Å². The summed E-state index contributed by atoms with van der Waals surface area (Å²) in [4.78, 5) is 0. The van der Waals surface area contributed by atoms with Crippen LogP contribution in [0.25, 0.3) is 0 Å². The van der Waals surface area contributed by atoms with E-state index in [1.165, 1.54) is 0 Å². The SMILES string of the molecule is NCCNC1(c2ccccc2O)CC1. The van der Waals surface area contributed by atoms with Crippen molar-refractivity contribution in [2.24, 2.45) is 5.73 Å². The highest BCUT2D eigenvalue weighted by molar-refractivity contribution is 5.41. The Morgan fingerprint density at radius 2 is 2.07 bits per heavy atom. The number of para-hydroxylation sites is 1. The van der Waals surface area contributed by atoms with E-state index in [0.717, 1.165) is 24.9 Å². The summed E-state index contributed by atoms with van der Waals surface area (Å²) >= 11 is 0. The molecule has 1 aromatic carbocycles. The van der Waals surface area contributed by atoms with Crippen LogP contribution in [0.5, 0.6) is 5.75 Å². The Hall–Kier alpha value is -1.06. The molecular formula is C11H16N2O. The summed E-state index contributed by atoms with van der Waals surface area (Å²) in [5, 5.41) is 13.1. The molecule has 0 saturated heterocycles. The van der Waals surface area contributed by atoms with Gasteiger partial charge < -0.3 is 16.2 Å². The zero-order valence-electron chi connectivity index (χ0n) is 8.16. The average Bonchev–Trinajstić information content (AvgIpc) is 2.97. The summed E-state index contributed by atoms with van der Waals surface area (Å²) in [5.74, 6) is 0.384. The quantitative estimate of drug-likeness (QED) is 0.665. The molecule has 3 heteroatoms. The predicted molar refractivity (Wildman–Crippen MR) is 56.1 cm³/mol. The third-order valence-corrected chi connectivity index (χ3v) is 2.78. The molecule has 14 heavy (non-hydrogen) atoms. The van der Waals surface area contributed by atoms with Crippen molar-refractivity contribution in [2.75, 3.05) is 13.1 Å². The number of nitrogens with one attached hydrogen (secondary N) is 1. The summed E-state index contributed by atoms with van der Waals surface area (Å²) in [5.41, 5.74) is 6.47. The molecule has 4 N–H and O–H groups in total. The molecule has 1 aromatic rings. The van der Waals surface area contributed by atoms with E-state index in [1.54, 1.807) is 6.07 Å². The van der Waals surface area contributed by atoms with E-state index in [2.05, 4.69) is 5.32 Å².